The van der Waals surface area contributed by atoms with Crippen LogP contribution < -0.4 is 5.32 Å². The predicted molar refractivity (Wildman–Crippen MR) is 141 cm³/mol. The zero-order valence-corrected chi connectivity index (χ0v) is 22.8. The molecule has 3 rings (SSSR count). The van der Waals surface area contributed by atoms with Gasteiger partial charge in [0.25, 0.3) is 0 Å². The second-order valence-electron chi connectivity index (χ2n) is 9.52. The average Bonchev–Trinajstić information content (AvgIpc) is 2.81. The van der Waals surface area contributed by atoms with Crippen LogP contribution in [-0.2, 0) is 14.2 Å². The van der Waals surface area contributed by atoms with Crippen molar-refractivity contribution in [2.45, 2.75) is 64.4 Å². The van der Waals surface area contributed by atoms with Crippen LogP contribution in [-0.4, -0.2) is 101 Å². The molecule has 1 aliphatic carbocycles. The minimum absolute atomic E-state index is 0. The number of morpholine rings is 1. The molecule has 2 saturated heterocycles. The molecule has 0 unspecified atom stereocenters. The monoisotopic (exact) mass is 566 g/mol. The molecular weight excluding hydrogens is 519 g/mol. The lowest BCUT2D eigenvalue weighted by molar-refractivity contribution is 0.00793. The molecule has 2 aliphatic heterocycles. The summed E-state index contributed by atoms with van der Waals surface area (Å²) in [5.41, 5.74) is 0.332. The molecule has 32 heavy (non-hydrogen) atoms. The SMILES string of the molecule is CCNC(=NCC1(CN2CCOCC2)CCCCC1)N1CCC(OCCCOC)CC1.I. The van der Waals surface area contributed by atoms with Gasteiger partial charge < -0.3 is 24.4 Å². The highest BCUT2D eigenvalue weighted by molar-refractivity contribution is 14.0. The zero-order chi connectivity index (χ0) is 21.8. The maximum absolute atomic E-state index is 6.05. The van der Waals surface area contributed by atoms with Gasteiger partial charge in [-0.25, -0.2) is 0 Å². The molecular formula is C24H47IN4O3. The Hall–Kier alpha value is -0.160. The molecule has 188 valence electrons. The van der Waals surface area contributed by atoms with Crippen LogP contribution in [0.4, 0.5) is 0 Å². The molecule has 1 saturated carbocycles. The molecule has 0 bridgehead atoms. The highest BCUT2D eigenvalue weighted by atomic mass is 127. The molecule has 8 heteroatoms. The van der Waals surface area contributed by atoms with E-state index in [0.29, 0.717) is 11.5 Å². The average molecular weight is 567 g/mol. The third-order valence-electron chi connectivity index (χ3n) is 7.06. The molecule has 0 aromatic carbocycles. The van der Waals surface area contributed by atoms with Crippen LogP contribution in [0.25, 0.3) is 0 Å². The van der Waals surface area contributed by atoms with Crippen molar-refractivity contribution in [3.8, 4) is 0 Å². The van der Waals surface area contributed by atoms with Gasteiger partial charge in [0.1, 0.15) is 0 Å². The lowest BCUT2D eigenvalue weighted by Crippen LogP contribution is -2.49. The Morgan fingerprint density at radius 2 is 1.78 bits per heavy atom. The first-order chi connectivity index (χ1) is 15.2. The van der Waals surface area contributed by atoms with Gasteiger partial charge >= 0.3 is 0 Å². The molecule has 2 heterocycles. The zero-order valence-electron chi connectivity index (χ0n) is 20.5. The first kappa shape index (κ1) is 28.1. The van der Waals surface area contributed by atoms with Gasteiger partial charge in [-0.05, 0) is 39.0 Å². The molecule has 0 atom stereocenters. The van der Waals surface area contributed by atoms with Crippen molar-refractivity contribution in [2.75, 3.05) is 79.4 Å². The Kier molecular flexibility index (Phi) is 13.8. The molecule has 0 aromatic rings. The van der Waals surface area contributed by atoms with E-state index < -0.39 is 0 Å². The predicted octanol–water partition coefficient (Wildman–Crippen LogP) is 3.37. The van der Waals surface area contributed by atoms with Gasteiger partial charge in [0.15, 0.2) is 5.96 Å². The van der Waals surface area contributed by atoms with E-state index in [4.69, 9.17) is 19.2 Å². The van der Waals surface area contributed by atoms with E-state index in [9.17, 15) is 0 Å². The first-order valence-corrected chi connectivity index (χ1v) is 12.7. The summed E-state index contributed by atoms with van der Waals surface area (Å²) < 4.78 is 16.7. The summed E-state index contributed by atoms with van der Waals surface area (Å²) in [5, 5.41) is 3.57. The second-order valence-corrected chi connectivity index (χ2v) is 9.52. The number of methoxy groups -OCH3 is 1. The van der Waals surface area contributed by atoms with Gasteiger partial charge in [-0.2, -0.15) is 0 Å². The number of aliphatic imine (C=N–C) groups is 1. The minimum Gasteiger partial charge on any atom is -0.385 e. The number of halogens is 1. The molecule has 0 aromatic heterocycles. The van der Waals surface area contributed by atoms with Crippen LogP contribution in [0.15, 0.2) is 4.99 Å². The number of hydrogen-bond donors (Lipinski definition) is 1. The van der Waals surface area contributed by atoms with E-state index >= 15 is 0 Å². The van der Waals surface area contributed by atoms with Gasteiger partial charge in [-0.1, -0.05) is 19.3 Å². The number of piperidine rings is 1. The van der Waals surface area contributed by atoms with Crippen molar-refractivity contribution in [2.24, 2.45) is 10.4 Å². The van der Waals surface area contributed by atoms with E-state index in [1.807, 2.05) is 0 Å². The van der Waals surface area contributed by atoms with E-state index in [-0.39, 0.29) is 24.0 Å². The molecule has 0 amide bonds. The van der Waals surface area contributed by atoms with E-state index in [0.717, 1.165) is 90.9 Å². The summed E-state index contributed by atoms with van der Waals surface area (Å²) in [6.45, 7) is 12.8. The third-order valence-corrected chi connectivity index (χ3v) is 7.06. The minimum atomic E-state index is 0. The third kappa shape index (κ3) is 9.24. The molecule has 3 fully saturated rings. The highest BCUT2D eigenvalue weighted by Gasteiger charge is 2.35. The van der Waals surface area contributed by atoms with Gasteiger partial charge in [-0.3, -0.25) is 9.89 Å². The van der Waals surface area contributed by atoms with Crippen molar-refractivity contribution in [1.82, 2.24) is 15.1 Å². The van der Waals surface area contributed by atoms with Crippen molar-refractivity contribution >= 4 is 29.9 Å². The summed E-state index contributed by atoms with van der Waals surface area (Å²) in [5.74, 6) is 1.10. The van der Waals surface area contributed by atoms with E-state index in [1.54, 1.807) is 7.11 Å². The molecule has 0 radical (unpaired) electrons. The van der Waals surface area contributed by atoms with Crippen LogP contribution in [0.1, 0.15) is 58.3 Å². The molecule has 3 aliphatic rings. The van der Waals surface area contributed by atoms with Crippen LogP contribution in [0.2, 0.25) is 0 Å². The Bertz CT molecular complexity index is 517. The highest BCUT2D eigenvalue weighted by Crippen LogP contribution is 2.37. The number of nitrogens with zero attached hydrogens (tertiary/aromatic N) is 3. The number of ether oxygens (including phenoxy) is 3. The van der Waals surface area contributed by atoms with Gasteiger partial charge in [0, 0.05) is 71.6 Å². The van der Waals surface area contributed by atoms with Crippen molar-refractivity contribution in [1.29, 1.82) is 0 Å². The molecule has 7 nitrogen and oxygen atoms in total. The van der Waals surface area contributed by atoms with E-state index in [1.165, 1.54) is 38.6 Å². The Labute approximate surface area is 213 Å². The number of guanidine groups is 1. The first-order valence-electron chi connectivity index (χ1n) is 12.7. The number of likely N-dealkylation sites (tertiary alicyclic amines) is 1. The largest absolute Gasteiger partial charge is 0.385 e. The maximum atomic E-state index is 6.05. The lowest BCUT2D eigenvalue weighted by Gasteiger charge is -2.42. The smallest absolute Gasteiger partial charge is 0.193 e. The summed E-state index contributed by atoms with van der Waals surface area (Å²) in [7, 11) is 1.75. The summed E-state index contributed by atoms with van der Waals surface area (Å²) in [6.07, 6.45) is 10.2. The summed E-state index contributed by atoms with van der Waals surface area (Å²) in [4.78, 5) is 10.3. The van der Waals surface area contributed by atoms with Crippen LogP contribution >= 0.6 is 24.0 Å². The summed E-state index contributed by atoms with van der Waals surface area (Å²) >= 11 is 0. The summed E-state index contributed by atoms with van der Waals surface area (Å²) in [6, 6.07) is 0. The standard InChI is InChI=1S/C24H46N4O3.HI/c1-3-25-23(28-12-8-22(9-13-28)31-17-7-16-29-2)26-20-24(10-5-4-6-11-24)21-27-14-18-30-19-15-27;/h22H,3-21H2,1-2H3,(H,25,26);1H. The number of hydrogen-bond acceptors (Lipinski definition) is 5. The van der Waals surface area contributed by atoms with Crippen molar-refractivity contribution in [3.63, 3.8) is 0 Å². The number of rotatable bonds is 10. The normalized spacial score (nSPS) is 23.1. The van der Waals surface area contributed by atoms with Gasteiger partial charge in [-0.15, -0.1) is 24.0 Å². The van der Waals surface area contributed by atoms with Gasteiger partial charge in [0.2, 0.25) is 0 Å². The van der Waals surface area contributed by atoms with Crippen LogP contribution in [0, 0.1) is 5.41 Å². The van der Waals surface area contributed by atoms with Crippen molar-refractivity contribution < 1.29 is 14.2 Å². The fourth-order valence-corrected chi connectivity index (χ4v) is 5.26. The number of nitrogens with one attached hydrogen (secondary N) is 1. The molecule has 0 spiro atoms. The fourth-order valence-electron chi connectivity index (χ4n) is 5.26. The van der Waals surface area contributed by atoms with Crippen LogP contribution in [0.3, 0.4) is 0 Å². The fraction of sp³-hybridized carbons (Fsp3) is 0.958. The van der Waals surface area contributed by atoms with Crippen molar-refractivity contribution in [3.05, 3.63) is 0 Å². The second kappa shape index (κ2) is 15.7. The topological polar surface area (TPSA) is 58.6 Å². The quantitative estimate of drug-likeness (QED) is 0.190. The Morgan fingerprint density at radius 3 is 2.44 bits per heavy atom. The molecule has 1 N–H and O–H groups in total. The van der Waals surface area contributed by atoms with Crippen LogP contribution in [0.5, 0.6) is 0 Å². The van der Waals surface area contributed by atoms with E-state index in [2.05, 4.69) is 22.0 Å². The Morgan fingerprint density at radius 1 is 1.06 bits per heavy atom. The maximum Gasteiger partial charge on any atom is 0.193 e. The Balaban J connectivity index is 0.00000363. The lowest BCUT2D eigenvalue weighted by atomic mass is 9.73. The van der Waals surface area contributed by atoms with Gasteiger partial charge in [0.05, 0.1) is 19.3 Å².